The van der Waals surface area contributed by atoms with Crippen molar-refractivity contribution in [3.63, 3.8) is 0 Å². The minimum Gasteiger partial charge on any atom is -0.195 e. The van der Waals surface area contributed by atoms with Gasteiger partial charge in [0.2, 0.25) is 0 Å². The third-order valence-electron chi connectivity index (χ3n) is 4.17. The third kappa shape index (κ3) is 5.92. The summed E-state index contributed by atoms with van der Waals surface area (Å²) in [5.74, 6) is 0. The highest BCUT2D eigenvalue weighted by atomic mass is 32.2. The van der Waals surface area contributed by atoms with Gasteiger partial charge in [-0.15, -0.1) is 11.3 Å². The van der Waals surface area contributed by atoms with Crippen LogP contribution in [-0.2, 0) is 23.2 Å². The smallest absolute Gasteiger partial charge is 0.195 e. The maximum Gasteiger partial charge on any atom is 0.282 e. The van der Waals surface area contributed by atoms with Crippen LogP contribution in [0.4, 0.5) is 0 Å². The van der Waals surface area contributed by atoms with Gasteiger partial charge in [-0.2, -0.15) is 17.0 Å². The molecule has 0 spiro atoms. The molecule has 1 aromatic heterocycles. The van der Waals surface area contributed by atoms with Gasteiger partial charge in [-0.05, 0) is 37.5 Å². The van der Waals surface area contributed by atoms with Gasteiger partial charge in [0.25, 0.3) is 10.2 Å². The van der Waals surface area contributed by atoms with E-state index in [0.29, 0.717) is 26.1 Å². The molecule has 0 aliphatic rings. The Bertz CT molecular complexity index is 742. The standard InChI is InChI=1S/C19H28N2O2S2/c1-4-5-14-20(3)25(22,23)21(16-19-12-11-17(2)24-19)15-13-18-9-7-6-8-10-18/h6-12H,4-5,13-16H2,1-3H3. The summed E-state index contributed by atoms with van der Waals surface area (Å²) in [6.45, 7) is 5.60. The number of nitrogens with zero attached hydrogens (tertiary/aromatic N) is 2. The predicted molar refractivity (Wildman–Crippen MR) is 106 cm³/mol. The van der Waals surface area contributed by atoms with Crippen molar-refractivity contribution >= 4 is 21.5 Å². The summed E-state index contributed by atoms with van der Waals surface area (Å²) in [5.41, 5.74) is 1.15. The molecule has 1 heterocycles. The van der Waals surface area contributed by atoms with Gasteiger partial charge < -0.3 is 0 Å². The topological polar surface area (TPSA) is 40.6 Å². The molecule has 0 bridgehead atoms. The van der Waals surface area contributed by atoms with E-state index >= 15 is 0 Å². The molecule has 138 valence electrons. The van der Waals surface area contributed by atoms with Crippen molar-refractivity contribution in [1.29, 1.82) is 0 Å². The Balaban J connectivity index is 2.15. The number of thiophene rings is 1. The van der Waals surface area contributed by atoms with Crippen LogP contribution in [0.25, 0.3) is 0 Å². The van der Waals surface area contributed by atoms with Gasteiger partial charge in [0.1, 0.15) is 0 Å². The fraction of sp³-hybridized carbons (Fsp3) is 0.474. The maximum atomic E-state index is 13.0. The Morgan fingerprint density at radius 1 is 1.04 bits per heavy atom. The second kappa shape index (κ2) is 9.48. The van der Waals surface area contributed by atoms with Gasteiger partial charge in [-0.1, -0.05) is 43.7 Å². The molecule has 0 saturated heterocycles. The Kier molecular flexibility index (Phi) is 7.62. The third-order valence-corrected chi connectivity index (χ3v) is 7.09. The van der Waals surface area contributed by atoms with Gasteiger partial charge in [0, 0.05) is 36.4 Å². The lowest BCUT2D eigenvalue weighted by Gasteiger charge is -2.27. The van der Waals surface area contributed by atoms with E-state index in [-0.39, 0.29) is 0 Å². The molecule has 0 aliphatic heterocycles. The van der Waals surface area contributed by atoms with E-state index in [9.17, 15) is 8.42 Å². The second-order valence-corrected chi connectivity index (χ2v) is 9.67. The summed E-state index contributed by atoms with van der Waals surface area (Å²) in [6, 6.07) is 14.1. The quantitative estimate of drug-likeness (QED) is 0.623. The second-order valence-electron chi connectivity index (χ2n) is 6.26. The number of hydrogen-bond acceptors (Lipinski definition) is 3. The average molecular weight is 381 g/mol. The van der Waals surface area contributed by atoms with Crippen LogP contribution in [0.2, 0.25) is 0 Å². The van der Waals surface area contributed by atoms with Gasteiger partial charge in [-0.3, -0.25) is 0 Å². The molecule has 0 fully saturated rings. The van der Waals surface area contributed by atoms with E-state index in [2.05, 4.69) is 6.92 Å². The molecule has 1 aromatic carbocycles. The van der Waals surface area contributed by atoms with E-state index in [1.807, 2.05) is 49.4 Å². The summed E-state index contributed by atoms with van der Waals surface area (Å²) in [4.78, 5) is 2.28. The molecule has 6 heteroatoms. The van der Waals surface area contributed by atoms with Crippen LogP contribution in [0, 0.1) is 6.92 Å². The van der Waals surface area contributed by atoms with Crippen molar-refractivity contribution in [2.45, 2.75) is 39.7 Å². The molecular weight excluding hydrogens is 352 g/mol. The van der Waals surface area contributed by atoms with Crippen molar-refractivity contribution in [3.05, 3.63) is 57.8 Å². The molecular formula is C19H28N2O2S2. The van der Waals surface area contributed by atoms with E-state index in [1.54, 1.807) is 22.7 Å². The molecule has 0 aliphatic carbocycles. The summed E-state index contributed by atoms with van der Waals surface area (Å²) in [7, 11) is -1.78. The van der Waals surface area contributed by atoms with Gasteiger partial charge in [0.15, 0.2) is 0 Å². The van der Waals surface area contributed by atoms with Crippen LogP contribution >= 0.6 is 11.3 Å². The lowest BCUT2D eigenvalue weighted by atomic mass is 10.1. The number of aryl methyl sites for hydroxylation is 1. The Hall–Kier alpha value is -1.21. The van der Waals surface area contributed by atoms with Crippen molar-refractivity contribution in [2.24, 2.45) is 0 Å². The number of rotatable bonds is 10. The van der Waals surface area contributed by atoms with Crippen molar-refractivity contribution < 1.29 is 8.42 Å². The molecule has 0 saturated carbocycles. The van der Waals surface area contributed by atoms with E-state index in [0.717, 1.165) is 23.3 Å². The molecule has 0 N–H and O–H groups in total. The van der Waals surface area contributed by atoms with Crippen LogP contribution in [0.5, 0.6) is 0 Å². The number of hydrogen-bond donors (Lipinski definition) is 0. The minimum absolute atomic E-state index is 0.435. The van der Waals surface area contributed by atoms with Crippen LogP contribution in [0.3, 0.4) is 0 Å². The largest absolute Gasteiger partial charge is 0.282 e. The Morgan fingerprint density at radius 2 is 1.76 bits per heavy atom. The lowest BCUT2D eigenvalue weighted by Crippen LogP contribution is -2.42. The first-order chi connectivity index (χ1) is 11.9. The highest BCUT2D eigenvalue weighted by Gasteiger charge is 2.27. The van der Waals surface area contributed by atoms with Crippen LogP contribution < -0.4 is 0 Å². The zero-order valence-electron chi connectivity index (χ0n) is 15.3. The fourth-order valence-electron chi connectivity index (χ4n) is 2.61. The molecule has 25 heavy (non-hydrogen) atoms. The molecule has 0 radical (unpaired) electrons. The number of benzene rings is 1. The average Bonchev–Trinajstić information content (AvgIpc) is 3.02. The maximum absolute atomic E-state index is 13.0. The molecule has 2 aromatic rings. The first-order valence-electron chi connectivity index (χ1n) is 8.74. The molecule has 2 rings (SSSR count). The van der Waals surface area contributed by atoms with Crippen LogP contribution in [0.1, 0.15) is 35.1 Å². The molecule has 0 atom stereocenters. The summed E-state index contributed by atoms with van der Waals surface area (Å²) in [5, 5.41) is 0. The zero-order chi connectivity index (χ0) is 18.3. The fourth-order valence-corrected chi connectivity index (χ4v) is 4.98. The first kappa shape index (κ1) is 20.1. The van der Waals surface area contributed by atoms with Crippen LogP contribution in [0.15, 0.2) is 42.5 Å². The molecule has 0 unspecified atom stereocenters. The van der Waals surface area contributed by atoms with Gasteiger partial charge in [0.05, 0.1) is 0 Å². The monoisotopic (exact) mass is 380 g/mol. The van der Waals surface area contributed by atoms with Crippen molar-refractivity contribution in [1.82, 2.24) is 8.61 Å². The summed E-state index contributed by atoms with van der Waals surface area (Å²) in [6.07, 6.45) is 2.57. The Morgan fingerprint density at radius 3 is 2.36 bits per heavy atom. The summed E-state index contributed by atoms with van der Waals surface area (Å²) >= 11 is 1.66. The minimum atomic E-state index is -3.46. The van der Waals surface area contributed by atoms with Crippen LogP contribution in [-0.4, -0.2) is 37.2 Å². The molecule has 0 amide bonds. The highest BCUT2D eigenvalue weighted by molar-refractivity contribution is 7.86. The predicted octanol–water partition coefficient (Wildman–Crippen LogP) is 4.08. The van der Waals surface area contributed by atoms with E-state index < -0.39 is 10.2 Å². The van der Waals surface area contributed by atoms with E-state index in [1.165, 1.54) is 9.18 Å². The number of unbranched alkanes of at least 4 members (excludes halogenated alkanes) is 1. The van der Waals surface area contributed by atoms with Gasteiger partial charge in [-0.25, -0.2) is 0 Å². The van der Waals surface area contributed by atoms with Crippen molar-refractivity contribution in [2.75, 3.05) is 20.1 Å². The normalized spacial score (nSPS) is 12.2. The lowest BCUT2D eigenvalue weighted by molar-refractivity contribution is 0.355. The van der Waals surface area contributed by atoms with E-state index in [4.69, 9.17) is 0 Å². The van der Waals surface area contributed by atoms with Gasteiger partial charge >= 0.3 is 0 Å². The SMILES string of the molecule is CCCCN(C)S(=O)(=O)N(CCc1ccccc1)Cc1ccc(C)s1. The zero-order valence-corrected chi connectivity index (χ0v) is 16.9. The summed E-state index contributed by atoms with van der Waals surface area (Å²) < 4.78 is 29.2. The van der Waals surface area contributed by atoms with Crippen molar-refractivity contribution in [3.8, 4) is 0 Å². The first-order valence-corrected chi connectivity index (χ1v) is 11.0. The molecule has 4 nitrogen and oxygen atoms in total. The highest BCUT2D eigenvalue weighted by Crippen LogP contribution is 2.20. The Labute approximate surface area is 156 Å².